The van der Waals surface area contributed by atoms with Gasteiger partial charge in [0, 0.05) is 12.2 Å². The fraction of sp³-hybridized carbons (Fsp3) is 0.500. The molecule has 0 amide bonds. The zero-order valence-corrected chi connectivity index (χ0v) is 8.71. The molecule has 0 saturated heterocycles. The molecule has 76 valence electrons. The lowest BCUT2D eigenvalue weighted by atomic mass is 10.0. The van der Waals surface area contributed by atoms with Gasteiger partial charge in [0.15, 0.2) is 0 Å². The maximum atomic E-state index is 9.77. The van der Waals surface area contributed by atoms with E-state index in [0.29, 0.717) is 12.4 Å². The second-order valence-electron chi connectivity index (χ2n) is 3.78. The van der Waals surface area contributed by atoms with Crippen LogP contribution < -0.4 is 0 Å². The molecule has 0 radical (unpaired) electrons. The van der Waals surface area contributed by atoms with E-state index in [2.05, 4.69) is 6.92 Å². The summed E-state index contributed by atoms with van der Waals surface area (Å²) >= 11 is 0. The Labute approximate surface area is 84.5 Å². The number of benzene rings is 1. The predicted molar refractivity (Wildman–Crippen MR) is 55.5 cm³/mol. The van der Waals surface area contributed by atoms with Gasteiger partial charge in [-0.25, -0.2) is 0 Å². The zero-order valence-electron chi connectivity index (χ0n) is 8.71. The number of phenolic OH excluding ortho intramolecular Hbond substituents is 1. The molecule has 2 heteroatoms. The standard InChI is InChI=1S/C12H16O2/c1-3-14-11-7-5-9-8(2)4-6-10(13)12(9)11/h4,6,11,13H,3,5,7H2,1-2H3. The van der Waals surface area contributed by atoms with Gasteiger partial charge in [-0.1, -0.05) is 6.07 Å². The third-order valence-corrected chi connectivity index (χ3v) is 2.91. The predicted octanol–water partition coefficient (Wildman–Crippen LogP) is 2.72. The number of hydrogen-bond acceptors (Lipinski definition) is 2. The van der Waals surface area contributed by atoms with Crippen LogP contribution >= 0.6 is 0 Å². The van der Waals surface area contributed by atoms with Crippen LogP contribution in [0.4, 0.5) is 0 Å². The van der Waals surface area contributed by atoms with Crippen LogP contribution in [-0.2, 0) is 11.2 Å². The maximum absolute atomic E-state index is 9.77. The minimum absolute atomic E-state index is 0.106. The maximum Gasteiger partial charge on any atom is 0.121 e. The molecule has 2 nitrogen and oxygen atoms in total. The second-order valence-corrected chi connectivity index (χ2v) is 3.78. The van der Waals surface area contributed by atoms with Crippen LogP contribution in [0.1, 0.15) is 36.1 Å². The molecule has 1 atom stereocenters. The largest absolute Gasteiger partial charge is 0.508 e. The van der Waals surface area contributed by atoms with Crippen LogP contribution in [0, 0.1) is 6.92 Å². The van der Waals surface area contributed by atoms with E-state index in [0.717, 1.165) is 18.4 Å². The molecular formula is C12H16O2. The molecule has 2 rings (SSSR count). The molecule has 0 spiro atoms. The highest BCUT2D eigenvalue weighted by Gasteiger charge is 2.26. The van der Waals surface area contributed by atoms with Gasteiger partial charge in [-0.15, -0.1) is 0 Å². The summed E-state index contributed by atoms with van der Waals surface area (Å²) < 4.78 is 5.61. The van der Waals surface area contributed by atoms with E-state index < -0.39 is 0 Å². The van der Waals surface area contributed by atoms with Gasteiger partial charge in [-0.05, 0) is 43.9 Å². The molecule has 1 aromatic rings. The van der Waals surface area contributed by atoms with Gasteiger partial charge in [0.25, 0.3) is 0 Å². The quantitative estimate of drug-likeness (QED) is 0.780. The molecule has 1 aliphatic rings. The summed E-state index contributed by atoms with van der Waals surface area (Å²) in [6.07, 6.45) is 2.14. The van der Waals surface area contributed by atoms with E-state index >= 15 is 0 Å². The summed E-state index contributed by atoms with van der Waals surface area (Å²) in [6, 6.07) is 3.74. The van der Waals surface area contributed by atoms with Crippen molar-refractivity contribution in [1.29, 1.82) is 0 Å². The van der Waals surface area contributed by atoms with Crippen molar-refractivity contribution in [1.82, 2.24) is 0 Å². The number of phenols is 1. The van der Waals surface area contributed by atoms with E-state index in [1.165, 1.54) is 11.1 Å². The Morgan fingerprint density at radius 1 is 1.50 bits per heavy atom. The molecule has 1 unspecified atom stereocenters. The number of hydrogen-bond donors (Lipinski definition) is 1. The lowest BCUT2D eigenvalue weighted by Gasteiger charge is -2.13. The number of aromatic hydroxyl groups is 1. The lowest BCUT2D eigenvalue weighted by molar-refractivity contribution is 0.0625. The highest BCUT2D eigenvalue weighted by molar-refractivity contribution is 5.48. The van der Waals surface area contributed by atoms with Crippen LogP contribution in [0.5, 0.6) is 5.75 Å². The summed E-state index contributed by atoms with van der Waals surface area (Å²) in [5.74, 6) is 0.390. The molecular weight excluding hydrogens is 176 g/mol. The Kier molecular flexibility index (Phi) is 2.46. The third-order valence-electron chi connectivity index (χ3n) is 2.91. The summed E-state index contributed by atoms with van der Waals surface area (Å²) in [5.41, 5.74) is 3.57. The highest BCUT2D eigenvalue weighted by Crippen LogP contribution is 2.40. The molecule has 0 fully saturated rings. The summed E-state index contributed by atoms with van der Waals surface area (Å²) in [6.45, 7) is 4.79. The number of fused-ring (bicyclic) bond motifs is 1. The first-order valence-electron chi connectivity index (χ1n) is 5.17. The van der Waals surface area contributed by atoms with Crippen LogP contribution in [0.25, 0.3) is 0 Å². The van der Waals surface area contributed by atoms with Gasteiger partial charge in [-0.2, -0.15) is 0 Å². The van der Waals surface area contributed by atoms with Gasteiger partial charge in [0.05, 0.1) is 6.10 Å². The molecule has 0 heterocycles. The average molecular weight is 192 g/mol. The normalized spacial score (nSPS) is 19.7. The van der Waals surface area contributed by atoms with Crippen molar-refractivity contribution in [2.24, 2.45) is 0 Å². The summed E-state index contributed by atoms with van der Waals surface area (Å²) in [4.78, 5) is 0. The molecule has 0 bridgehead atoms. The second kappa shape index (κ2) is 3.62. The Hall–Kier alpha value is -1.02. The molecule has 0 aliphatic heterocycles. The van der Waals surface area contributed by atoms with Gasteiger partial charge in [0.2, 0.25) is 0 Å². The van der Waals surface area contributed by atoms with Gasteiger partial charge in [-0.3, -0.25) is 0 Å². The van der Waals surface area contributed by atoms with Gasteiger partial charge >= 0.3 is 0 Å². The average Bonchev–Trinajstić information content (AvgIpc) is 2.58. The monoisotopic (exact) mass is 192 g/mol. The van der Waals surface area contributed by atoms with E-state index in [9.17, 15) is 5.11 Å². The number of rotatable bonds is 2. The summed E-state index contributed by atoms with van der Waals surface area (Å²) in [5, 5.41) is 9.77. The van der Waals surface area contributed by atoms with Crippen molar-refractivity contribution >= 4 is 0 Å². The smallest absolute Gasteiger partial charge is 0.121 e. The van der Waals surface area contributed by atoms with Crippen molar-refractivity contribution in [2.45, 2.75) is 32.8 Å². The SMILES string of the molecule is CCOC1CCc2c(C)ccc(O)c21. The van der Waals surface area contributed by atoms with Crippen molar-refractivity contribution in [3.63, 3.8) is 0 Å². The first-order chi connectivity index (χ1) is 6.74. The summed E-state index contributed by atoms with van der Waals surface area (Å²) in [7, 11) is 0. The molecule has 1 aromatic carbocycles. The van der Waals surface area contributed by atoms with E-state index in [1.54, 1.807) is 6.07 Å². The van der Waals surface area contributed by atoms with Crippen LogP contribution in [-0.4, -0.2) is 11.7 Å². The van der Waals surface area contributed by atoms with Gasteiger partial charge in [0.1, 0.15) is 5.75 Å². The van der Waals surface area contributed by atoms with Crippen molar-refractivity contribution in [2.75, 3.05) is 6.61 Å². The molecule has 0 aromatic heterocycles. The van der Waals surface area contributed by atoms with Crippen LogP contribution in [0.2, 0.25) is 0 Å². The Morgan fingerprint density at radius 3 is 3.00 bits per heavy atom. The van der Waals surface area contributed by atoms with Crippen LogP contribution in [0.15, 0.2) is 12.1 Å². The van der Waals surface area contributed by atoms with Crippen molar-refractivity contribution < 1.29 is 9.84 Å². The van der Waals surface area contributed by atoms with Gasteiger partial charge < -0.3 is 9.84 Å². The van der Waals surface area contributed by atoms with Crippen molar-refractivity contribution in [3.8, 4) is 5.75 Å². The minimum Gasteiger partial charge on any atom is -0.508 e. The minimum atomic E-state index is 0.106. The zero-order chi connectivity index (χ0) is 10.1. The fourth-order valence-electron chi connectivity index (χ4n) is 2.24. The van der Waals surface area contributed by atoms with E-state index in [4.69, 9.17) is 4.74 Å². The first kappa shape index (κ1) is 9.53. The molecule has 14 heavy (non-hydrogen) atoms. The topological polar surface area (TPSA) is 29.5 Å². The van der Waals surface area contributed by atoms with E-state index in [-0.39, 0.29) is 6.10 Å². The number of aryl methyl sites for hydroxylation is 1. The van der Waals surface area contributed by atoms with Crippen LogP contribution in [0.3, 0.4) is 0 Å². The Bertz CT molecular complexity index is 344. The Balaban J connectivity index is 2.42. The lowest BCUT2D eigenvalue weighted by Crippen LogP contribution is -2.00. The third kappa shape index (κ3) is 1.40. The molecule has 1 N–H and O–H groups in total. The number of ether oxygens (including phenoxy) is 1. The molecule has 0 saturated carbocycles. The van der Waals surface area contributed by atoms with Crippen molar-refractivity contribution in [3.05, 3.63) is 28.8 Å². The fourth-order valence-corrected chi connectivity index (χ4v) is 2.24. The van der Waals surface area contributed by atoms with E-state index in [1.807, 2.05) is 13.0 Å². The first-order valence-corrected chi connectivity index (χ1v) is 5.17. The molecule has 1 aliphatic carbocycles. The Morgan fingerprint density at radius 2 is 2.29 bits per heavy atom. The highest BCUT2D eigenvalue weighted by atomic mass is 16.5.